The molecule has 9 heteroatoms. The summed E-state index contributed by atoms with van der Waals surface area (Å²) in [6.07, 6.45) is 1.26. The summed E-state index contributed by atoms with van der Waals surface area (Å²) in [5.41, 5.74) is 5.55. The van der Waals surface area contributed by atoms with Crippen molar-refractivity contribution in [3.8, 4) is 17.2 Å². The normalized spacial score (nSPS) is 21.4. The number of aliphatic hydroxyl groups is 1. The molecule has 0 saturated carbocycles. The number of hydrogen-bond donors (Lipinski definition) is 3. The highest BCUT2D eigenvalue weighted by atomic mass is 16.6. The van der Waals surface area contributed by atoms with Gasteiger partial charge in [-0.2, -0.15) is 0 Å². The topological polar surface area (TPSA) is 123 Å². The number of piperidine rings is 1. The summed E-state index contributed by atoms with van der Waals surface area (Å²) in [6, 6.07) is 3.33. The van der Waals surface area contributed by atoms with Gasteiger partial charge in [-0.05, 0) is 38.1 Å². The number of benzene rings is 1. The van der Waals surface area contributed by atoms with E-state index in [1.807, 2.05) is 0 Å². The molecule has 160 valence electrons. The van der Waals surface area contributed by atoms with Crippen molar-refractivity contribution in [2.24, 2.45) is 11.7 Å². The molecule has 0 aliphatic carbocycles. The number of amides is 2. The van der Waals surface area contributed by atoms with E-state index in [1.54, 1.807) is 12.1 Å². The van der Waals surface area contributed by atoms with Gasteiger partial charge < -0.3 is 35.3 Å². The summed E-state index contributed by atoms with van der Waals surface area (Å²) >= 11 is 0. The summed E-state index contributed by atoms with van der Waals surface area (Å²) in [4.78, 5) is 25.7. The van der Waals surface area contributed by atoms with Crippen molar-refractivity contribution >= 4 is 11.8 Å². The zero-order valence-electron chi connectivity index (χ0n) is 16.7. The quantitative estimate of drug-likeness (QED) is 0.560. The number of rotatable bonds is 8. The highest BCUT2D eigenvalue weighted by molar-refractivity contribution is 5.98. The average Bonchev–Trinajstić information content (AvgIpc) is 2.71. The third-order valence-electron chi connectivity index (χ3n) is 5.34. The zero-order valence-corrected chi connectivity index (χ0v) is 16.7. The van der Waals surface area contributed by atoms with Gasteiger partial charge in [-0.15, -0.1) is 0 Å². The predicted molar refractivity (Wildman–Crippen MR) is 105 cm³/mol. The number of carbonyl (C=O) groups is 2. The van der Waals surface area contributed by atoms with Crippen LogP contribution < -0.4 is 25.3 Å². The Morgan fingerprint density at radius 2 is 2.07 bits per heavy atom. The Labute approximate surface area is 170 Å². The van der Waals surface area contributed by atoms with Crippen LogP contribution in [0.4, 0.5) is 0 Å². The number of nitrogens with one attached hydrogen (secondary N) is 1. The zero-order chi connectivity index (χ0) is 20.8. The molecule has 1 aromatic rings. The van der Waals surface area contributed by atoms with Crippen LogP contribution in [0.2, 0.25) is 0 Å². The van der Waals surface area contributed by atoms with Crippen molar-refractivity contribution in [1.29, 1.82) is 0 Å². The highest BCUT2D eigenvalue weighted by Crippen LogP contribution is 2.41. The number of ether oxygens (including phenoxy) is 3. The lowest BCUT2D eigenvalue weighted by Crippen LogP contribution is -2.48. The van der Waals surface area contributed by atoms with Crippen molar-refractivity contribution in [2.75, 3.05) is 46.5 Å². The molecule has 2 aliphatic rings. The molecule has 2 atom stereocenters. The van der Waals surface area contributed by atoms with Crippen LogP contribution in [-0.2, 0) is 4.79 Å². The largest absolute Gasteiger partial charge is 0.493 e. The van der Waals surface area contributed by atoms with Gasteiger partial charge in [-0.1, -0.05) is 0 Å². The molecular weight excluding hydrogens is 378 g/mol. The van der Waals surface area contributed by atoms with Crippen LogP contribution >= 0.6 is 0 Å². The highest BCUT2D eigenvalue weighted by Gasteiger charge is 2.29. The molecule has 0 bridgehead atoms. The minimum atomic E-state index is -0.540. The van der Waals surface area contributed by atoms with Gasteiger partial charge in [-0.3, -0.25) is 9.59 Å². The summed E-state index contributed by atoms with van der Waals surface area (Å²) in [5.74, 6) is 0.741. The van der Waals surface area contributed by atoms with Crippen LogP contribution in [0, 0.1) is 5.92 Å². The number of hydrogen-bond acceptors (Lipinski definition) is 7. The number of likely N-dealkylation sites (tertiary alicyclic amines) is 1. The van der Waals surface area contributed by atoms with E-state index in [4.69, 9.17) is 19.9 Å². The van der Waals surface area contributed by atoms with Crippen molar-refractivity contribution in [3.05, 3.63) is 17.7 Å². The first kappa shape index (κ1) is 21.2. The maximum Gasteiger partial charge on any atom is 0.255 e. The second-order valence-corrected chi connectivity index (χ2v) is 7.37. The number of aliphatic hydroxyl groups excluding tert-OH is 1. The first-order valence-corrected chi connectivity index (χ1v) is 9.93. The molecule has 2 aliphatic heterocycles. The molecule has 0 unspecified atom stereocenters. The number of fused-ring (bicyclic) bond motifs is 1. The van der Waals surface area contributed by atoms with Crippen LogP contribution in [0.25, 0.3) is 0 Å². The van der Waals surface area contributed by atoms with E-state index in [1.165, 1.54) is 7.11 Å². The van der Waals surface area contributed by atoms with Crippen LogP contribution in [0.1, 0.15) is 29.6 Å². The Kier molecular flexibility index (Phi) is 7.16. The second-order valence-electron chi connectivity index (χ2n) is 7.37. The maximum atomic E-state index is 12.7. The number of nitrogens with zero attached hydrogens (tertiary/aromatic N) is 1. The summed E-state index contributed by atoms with van der Waals surface area (Å²) in [6.45, 7) is 3.20. The minimum absolute atomic E-state index is 0.0300. The monoisotopic (exact) mass is 407 g/mol. The van der Waals surface area contributed by atoms with E-state index in [9.17, 15) is 14.7 Å². The molecule has 0 aromatic heterocycles. The van der Waals surface area contributed by atoms with Gasteiger partial charge in [0.05, 0.1) is 18.8 Å². The molecule has 1 fully saturated rings. The van der Waals surface area contributed by atoms with Crippen LogP contribution in [0.15, 0.2) is 12.1 Å². The van der Waals surface area contributed by atoms with Crippen LogP contribution in [-0.4, -0.2) is 74.4 Å². The van der Waals surface area contributed by atoms with E-state index < -0.39 is 6.10 Å². The Hall–Kier alpha value is -2.52. The van der Waals surface area contributed by atoms with Gasteiger partial charge in [-0.25, -0.2) is 0 Å². The smallest absolute Gasteiger partial charge is 0.255 e. The Morgan fingerprint density at radius 1 is 1.31 bits per heavy atom. The molecule has 4 N–H and O–H groups in total. The minimum Gasteiger partial charge on any atom is -0.493 e. The van der Waals surface area contributed by atoms with Gasteiger partial charge in [0.2, 0.25) is 11.7 Å². The summed E-state index contributed by atoms with van der Waals surface area (Å²) < 4.78 is 16.5. The van der Waals surface area contributed by atoms with Gasteiger partial charge in [0.25, 0.3) is 5.91 Å². The molecule has 0 spiro atoms. The van der Waals surface area contributed by atoms with E-state index >= 15 is 0 Å². The second kappa shape index (κ2) is 9.80. The van der Waals surface area contributed by atoms with E-state index in [-0.39, 0.29) is 17.7 Å². The van der Waals surface area contributed by atoms with Crippen molar-refractivity contribution < 1.29 is 28.9 Å². The predicted octanol–water partition coefficient (Wildman–Crippen LogP) is 0.145. The fourth-order valence-corrected chi connectivity index (χ4v) is 3.73. The molecule has 1 aromatic carbocycles. The van der Waals surface area contributed by atoms with Gasteiger partial charge in [0.1, 0.15) is 13.2 Å². The fourth-order valence-electron chi connectivity index (χ4n) is 3.73. The lowest BCUT2D eigenvalue weighted by atomic mass is 9.93. The molecule has 2 amide bonds. The van der Waals surface area contributed by atoms with Crippen LogP contribution in [0.5, 0.6) is 17.2 Å². The lowest BCUT2D eigenvalue weighted by Gasteiger charge is -2.36. The van der Waals surface area contributed by atoms with E-state index in [0.29, 0.717) is 62.0 Å². The molecule has 3 rings (SSSR count). The van der Waals surface area contributed by atoms with Gasteiger partial charge in [0.15, 0.2) is 11.5 Å². The average molecular weight is 407 g/mol. The van der Waals surface area contributed by atoms with Crippen molar-refractivity contribution in [2.45, 2.75) is 25.4 Å². The summed E-state index contributed by atoms with van der Waals surface area (Å²) in [5, 5.41) is 13.4. The fraction of sp³-hybridized carbons (Fsp3) is 0.600. The maximum absolute atomic E-state index is 12.7. The number of methoxy groups -OCH3 is 1. The Balaban J connectivity index is 1.53. The van der Waals surface area contributed by atoms with Crippen molar-refractivity contribution in [1.82, 2.24) is 10.2 Å². The van der Waals surface area contributed by atoms with E-state index in [2.05, 4.69) is 10.2 Å². The first-order chi connectivity index (χ1) is 14.0. The van der Waals surface area contributed by atoms with Crippen molar-refractivity contribution in [3.63, 3.8) is 0 Å². The number of primary amides is 1. The third-order valence-corrected chi connectivity index (χ3v) is 5.34. The molecule has 0 radical (unpaired) electrons. The standard InChI is InChI=1S/C20H29N3O6/c1-27-16-5-4-14(18-19(16)29-10-9-28-18)20(26)22-11-13-6-8-23(12-15(13)24)7-2-3-17(21)25/h4-5,13,15,24H,2-3,6-12H2,1H3,(H2,21,25)(H,22,26)/t13-,15+/m0/s1. The van der Waals surface area contributed by atoms with Gasteiger partial charge in [0, 0.05) is 25.4 Å². The molecule has 1 saturated heterocycles. The van der Waals surface area contributed by atoms with E-state index in [0.717, 1.165) is 19.5 Å². The summed E-state index contributed by atoms with van der Waals surface area (Å²) in [7, 11) is 1.54. The molecule has 9 nitrogen and oxygen atoms in total. The molecular formula is C20H29N3O6. The number of β-amino-alcohol motifs (C(OH)–C–C–N with tert-alkyl or cyclic N) is 1. The Morgan fingerprint density at radius 3 is 2.76 bits per heavy atom. The van der Waals surface area contributed by atoms with Gasteiger partial charge >= 0.3 is 0 Å². The number of carbonyl (C=O) groups excluding carboxylic acids is 2. The SMILES string of the molecule is COc1ccc(C(=O)NC[C@@H]2CCN(CCCC(N)=O)C[C@H]2O)c2c1OCCO2. The third kappa shape index (κ3) is 5.30. The van der Waals surface area contributed by atoms with Crippen LogP contribution in [0.3, 0.4) is 0 Å². The molecule has 2 heterocycles. The Bertz CT molecular complexity index is 741. The first-order valence-electron chi connectivity index (χ1n) is 9.93. The lowest BCUT2D eigenvalue weighted by molar-refractivity contribution is -0.118. The molecule has 29 heavy (non-hydrogen) atoms. The number of nitrogens with two attached hydrogens (primary N) is 1.